The molecule has 0 heterocycles. The second-order valence-electron chi connectivity index (χ2n) is 5.52. The fraction of sp³-hybridized carbons (Fsp3) is 0.533. The van der Waals surface area contributed by atoms with E-state index in [1.807, 2.05) is 0 Å². The molecule has 0 aliphatic heterocycles. The molecule has 2 nitrogen and oxygen atoms in total. The molecular formula is C15H17BrFNO. The van der Waals surface area contributed by atoms with Gasteiger partial charge in [-0.05, 0) is 49.3 Å². The van der Waals surface area contributed by atoms with Crippen molar-refractivity contribution in [2.24, 2.45) is 11.3 Å². The summed E-state index contributed by atoms with van der Waals surface area (Å²) in [5.41, 5.74) is -0.148. The number of nitrogens with zero attached hydrogens (tertiary/aromatic N) is 1. The molecule has 1 aromatic carbocycles. The largest absolute Gasteiger partial charge is 0.387 e. The van der Waals surface area contributed by atoms with E-state index in [2.05, 4.69) is 28.9 Å². The first-order valence-electron chi connectivity index (χ1n) is 6.53. The molecule has 1 aromatic rings. The molecule has 0 bridgehead atoms. The van der Waals surface area contributed by atoms with Crippen LogP contribution in [0.3, 0.4) is 0 Å². The lowest BCUT2D eigenvalue weighted by molar-refractivity contribution is 0.0261. The molecule has 1 aliphatic carbocycles. The maximum Gasteiger partial charge on any atom is 0.124 e. The van der Waals surface area contributed by atoms with Gasteiger partial charge in [0.05, 0.1) is 17.6 Å². The third-order valence-electron chi connectivity index (χ3n) is 4.17. The maximum absolute atomic E-state index is 13.1. The second-order valence-corrected chi connectivity index (χ2v) is 6.37. The van der Waals surface area contributed by atoms with Crippen LogP contribution in [0.2, 0.25) is 0 Å². The normalized spacial score (nSPS) is 28.7. The average molecular weight is 326 g/mol. The highest BCUT2D eigenvalue weighted by atomic mass is 79.9. The van der Waals surface area contributed by atoms with E-state index in [1.165, 1.54) is 12.1 Å². The number of nitriles is 1. The highest BCUT2D eigenvalue weighted by Gasteiger charge is 2.42. The van der Waals surface area contributed by atoms with E-state index in [4.69, 9.17) is 0 Å². The Morgan fingerprint density at radius 3 is 2.63 bits per heavy atom. The standard InChI is InChI=1S/C15H17BrFNO/c1-10-4-6-15(9-18,7-5-10)14(19)12-3-2-11(17)8-13(12)16/h2-3,8,10,14,19H,4-7H2,1H3. The Balaban J connectivity index is 2.31. The Morgan fingerprint density at radius 1 is 1.47 bits per heavy atom. The van der Waals surface area contributed by atoms with Crippen molar-refractivity contribution >= 4 is 15.9 Å². The van der Waals surface area contributed by atoms with Crippen LogP contribution in [0, 0.1) is 28.5 Å². The van der Waals surface area contributed by atoms with Crippen LogP contribution >= 0.6 is 15.9 Å². The zero-order valence-corrected chi connectivity index (χ0v) is 12.5. The minimum absolute atomic E-state index is 0.355. The molecule has 1 fully saturated rings. The first-order chi connectivity index (χ1) is 8.98. The minimum atomic E-state index is -0.875. The summed E-state index contributed by atoms with van der Waals surface area (Å²) in [6.07, 6.45) is 2.40. The molecule has 0 aromatic heterocycles. The third kappa shape index (κ3) is 2.82. The van der Waals surface area contributed by atoms with E-state index < -0.39 is 11.5 Å². The zero-order valence-electron chi connectivity index (χ0n) is 10.9. The lowest BCUT2D eigenvalue weighted by Crippen LogP contribution is -2.32. The molecular weight excluding hydrogens is 309 g/mol. The topological polar surface area (TPSA) is 44.0 Å². The van der Waals surface area contributed by atoms with Gasteiger partial charge in [0.25, 0.3) is 0 Å². The molecule has 0 saturated heterocycles. The smallest absolute Gasteiger partial charge is 0.124 e. The number of aliphatic hydroxyl groups is 1. The quantitative estimate of drug-likeness (QED) is 0.878. The number of hydrogen-bond donors (Lipinski definition) is 1. The zero-order chi connectivity index (χ0) is 14.0. The highest BCUT2D eigenvalue weighted by molar-refractivity contribution is 9.10. The van der Waals surface area contributed by atoms with Gasteiger partial charge in [0.15, 0.2) is 0 Å². The van der Waals surface area contributed by atoms with E-state index in [-0.39, 0.29) is 5.82 Å². The summed E-state index contributed by atoms with van der Waals surface area (Å²) < 4.78 is 13.6. The van der Waals surface area contributed by atoms with Gasteiger partial charge in [0, 0.05) is 4.47 Å². The second kappa shape index (κ2) is 5.60. The summed E-state index contributed by atoms with van der Waals surface area (Å²) in [5, 5.41) is 20.1. The Kier molecular flexibility index (Phi) is 4.27. The molecule has 2 rings (SSSR count). The van der Waals surface area contributed by atoms with Crippen LogP contribution in [0.1, 0.15) is 44.3 Å². The van der Waals surface area contributed by atoms with Crippen molar-refractivity contribution < 1.29 is 9.50 Å². The average Bonchev–Trinajstić information content (AvgIpc) is 2.39. The van der Waals surface area contributed by atoms with Crippen molar-refractivity contribution in [1.82, 2.24) is 0 Å². The van der Waals surface area contributed by atoms with E-state index >= 15 is 0 Å². The van der Waals surface area contributed by atoms with Gasteiger partial charge < -0.3 is 5.11 Å². The molecule has 1 saturated carbocycles. The predicted molar refractivity (Wildman–Crippen MR) is 74.7 cm³/mol. The van der Waals surface area contributed by atoms with Crippen LogP contribution in [0.5, 0.6) is 0 Å². The van der Waals surface area contributed by atoms with Gasteiger partial charge in [-0.1, -0.05) is 28.9 Å². The molecule has 102 valence electrons. The van der Waals surface area contributed by atoms with E-state index in [0.717, 1.165) is 12.8 Å². The van der Waals surface area contributed by atoms with Crippen molar-refractivity contribution in [3.05, 3.63) is 34.1 Å². The summed E-state index contributed by atoms with van der Waals surface area (Å²) in [5.74, 6) is 0.247. The van der Waals surface area contributed by atoms with E-state index in [9.17, 15) is 14.8 Å². The van der Waals surface area contributed by atoms with Crippen LogP contribution in [0.15, 0.2) is 22.7 Å². The van der Waals surface area contributed by atoms with Crippen molar-refractivity contribution in [3.8, 4) is 6.07 Å². The number of hydrogen-bond acceptors (Lipinski definition) is 2. The Hall–Kier alpha value is -0.920. The molecule has 0 spiro atoms. The molecule has 19 heavy (non-hydrogen) atoms. The number of rotatable bonds is 2. The molecule has 0 radical (unpaired) electrons. The highest BCUT2D eigenvalue weighted by Crippen LogP contribution is 2.48. The minimum Gasteiger partial charge on any atom is -0.387 e. The molecule has 1 unspecified atom stereocenters. The van der Waals surface area contributed by atoms with Crippen LogP contribution in [0.25, 0.3) is 0 Å². The van der Waals surface area contributed by atoms with Gasteiger partial charge in [-0.15, -0.1) is 0 Å². The first-order valence-corrected chi connectivity index (χ1v) is 7.32. The summed E-state index contributed by atoms with van der Waals surface area (Å²) >= 11 is 3.27. The molecule has 1 N–H and O–H groups in total. The lowest BCUT2D eigenvalue weighted by Gasteiger charge is -2.37. The fourth-order valence-corrected chi connectivity index (χ4v) is 3.31. The van der Waals surface area contributed by atoms with Gasteiger partial charge in [-0.2, -0.15) is 5.26 Å². The van der Waals surface area contributed by atoms with Crippen LogP contribution < -0.4 is 0 Å². The monoisotopic (exact) mass is 325 g/mol. The predicted octanol–water partition coefficient (Wildman–Crippen LogP) is 4.34. The van der Waals surface area contributed by atoms with Crippen LogP contribution in [-0.2, 0) is 0 Å². The van der Waals surface area contributed by atoms with Gasteiger partial charge in [0.1, 0.15) is 5.82 Å². The van der Waals surface area contributed by atoms with E-state index in [1.54, 1.807) is 6.07 Å². The molecule has 1 aliphatic rings. The first kappa shape index (κ1) is 14.5. The maximum atomic E-state index is 13.1. The summed E-state index contributed by atoms with van der Waals surface area (Å²) in [6.45, 7) is 2.17. The summed E-state index contributed by atoms with van der Waals surface area (Å²) in [4.78, 5) is 0. The lowest BCUT2D eigenvalue weighted by atomic mass is 9.67. The van der Waals surface area contributed by atoms with Crippen molar-refractivity contribution in [2.75, 3.05) is 0 Å². The van der Waals surface area contributed by atoms with E-state index in [0.29, 0.717) is 28.8 Å². The number of halogens is 2. The van der Waals surface area contributed by atoms with Crippen molar-refractivity contribution in [2.45, 2.75) is 38.7 Å². The summed E-state index contributed by atoms with van der Waals surface area (Å²) in [7, 11) is 0. The van der Waals surface area contributed by atoms with Crippen LogP contribution in [-0.4, -0.2) is 5.11 Å². The molecule has 4 heteroatoms. The Morgan fingerprint density at radius 2 is 2.11 bits per heavy atom. The third-order valence-corrected chi connectivity index (χ3v) is 4.86. The van der Waals surface area contributed by atoms with Gasteiger partial charge in [-0.3, -0.25) is 0 Å². The molecule has 1 atom stereocenters. The van der Waals surface area contributed by atoms with Crippen molar-refractivity contribution in [3.63, 3.8) is 0 Å². The van der Waals surface area contributed by atoms with Crippen LogP contribution in [0.4, 0.5) is 4.39 Å². The fourth-order valence-electron chi connectivity index (χ4n) is 2.74. The van der Waals surface area contributed by atoms with Gasteiger partial charge >= 0.3 is 0 Å². The Bertz CT molecular complexity index is 503. The van der Waals surface area contributed by atoms with Gasteiger partial charge in [0.2, 0.25) is 0 Å². The molecule has 0 amide bonds. The summed E-state index contributed by atoms with van der Waals surface area (Å²) in [6, 6.07) is 6.52. The number of benzene rings is 1. The van der Waals surface area contributed by atoms with Gasteiger partial charge in [-0.25, -0.2) is 4.39 Å². The van der Waals surface area contributed by atoms with Crippen molar-refractivity contribution in [1.29, 1.82) is 5.26 Å². The number of aliphatic hydroxyl groups excluding tert-OH is 1. The SMILES string of the molecule is CC1CCC(C#N)(C(O)c2ccc(F)cc2Br)CC1. The Labute approximate surface area is 121 Å².